The van der Waals surface area contributed by atoms with Crippen molar-refractivity contribution in [3.63, 3.8) is 0 Å². The molecule has 4 nitrogen and oxygen atoms in total. The Morgan fingerprint density at radius 3 is 2.85 bits per heavy atom. The molecule has 1 heterocycles. The van der Waals surface area contributed by atoms with E-state index < -0.39 is 0 Å². The Kier molecular flexibility index (Phi) is 5.41. The second-order valence-corrected chi connectivity index (χ2v) is 5.27. The first kappa shape index (κ1) is 14.9. The Morgan fingerprint density at radius 1 is 1.25 bits per heavy atom. The Bertz CT molecular complexity index is 585. The summed E-state index contributed by atoms with van der Waals surface area (Å²) in [7, 11) is 0. The average Bonchev–Trinajstić information content (AvgIpc) is 2.81. The molecule has 0 bridgehead atoms. The van der Waals surface area contributed by atoms with Crippen LogP contribution >= 0.6 is 0 Å². The first-order chi connectivity index (χ1) is 9.74. The molecule has 0 saturated heterocycles. The van der Waals surface area contributed by atoms with Crippen molar-refractivity contribution in [1.82, 2.24) is 10.3 Å². The second-order valence-electron chi connectivity index (χ2n) is 5.27. The van der Waals surface area contributed by atoms with Crippen molar-refractivity contribution >= 4 is 11.1 Å². The van der Waals surface area contributed by atoms with Gasteiger partial charge in [0, 0.05) is 6.04 Å². The van der Waals surface area contributed by atoms with Crippen LogP contribution in [0.15, 0.2) is 27.4 Å². The Labute approximate surface area is 119 Å². The fraction of sp³-hybridized carbons (Fsp3) is 0.562. The molecular formula is C16H24N2O2. The number of oxazole rings is 1. The van der Waals surface area contributed by atoms with Gasteiger partial charge in [0.15, 0.2) is 5.58 Å². The number of nitrogens with one attached hydrogen (secondary N) is 2. The van der Waals surface area contributed by atoms with Gasteiger partial charge in [-0.05, 0) is 37.1 Å². The third-order valence-corrected chi connectivity index (χ3v) is 3.58. The quantitative estimate of drug-likeness (QED) is 0.722. The maximum absolute atomic E-state index is 11.2. The lowest BCUT2D eigenvalue weighted by molar-refractivity contribution is 0.474. The number of hydrogen-bond acceptors (Lipinski definition) is 3. The molecule has 2 rings (SSSR count). The lowest BCUT2D eigenvalue weighted by Gasteiger charge is -2.18. The van der Waals surface area contributed by atoms with Crippen LogP contribution in [0.25, 0.3) is 11.1 Å². The Morgan fingerprint density at radius 2 is 2.10 bits per heavy atom. The van der Waals surface area contributed by atoms with Crippen molar-refractivity contribution in [2.24, 2.45) is 0 Å². The summed E-state index contributed by atoms with van der Waals surface area (Å²) >= 11 is 0. The standard InChI is InChI=1S/C16H24N2O2/c1-3-5-6-7-13(17-10-4-2)12-8-9-14-15(11-12)20-16(19)18-14/h8-9,11,13,17H,3-7,10H2,1-2H3,(H,18,19). The average molecular weight is 276 g/mol. The number of benzene rings is 1. The van der Waals surface area contributed by atoms with Crippen LogP contribution in [0.2, 0.25) is 0 Å². The predicted octanol–water partition coefficient (Wildman–Crippen LogP) is 3.74. The molecule has 0 spiro atoms. The van der Waals surface area contributed by atoms with Crippen molar-refractivity contribution in [3.8, 4) is 0 Å². The molecular weight excluding hydrogens is 252 g/mol. The Hall–Kier alpha value is -1.55. The summed E-state index contributed by atoms with van der Waals surface area (Å²) in [4.78, 5) is 13.9. The molecule has 20 heavy (non-hydrogen) atoms. The lowest BCUT2D eigenvalue weighted by atomic mass is 10.00. The molecule has 1 atom stereocenters. The van der Waals surface area contributed by atoms with E-state index in [2.05, 4.69) is 30.2 Å². The topological polar surface area (TPSA) is 58.0 Å². The summed E-state index contributed by atoms with van der Waals surface area (Å²) in [5.41, 5.74) is 2.61. The van der Waals surface area contributed by atoms with Gasteiger partial charge in [0.1, 0.15) is 0 Å². The van der Waals surface area contributed by atoms with Gasteiger partial charge < -0.3 is 9.73 Å². The van der Waals surface area contributed by atoms with E-state index in [9.17, 15) is 4.79 Å². The number of fused-ring (bicyclic) bond motifs is 1. The number of aromatic nitrogens is 1. The van der Waals surface area contributed by atoms with Crippen LogP contribution < -0.4 is 11.1 Å². The fourth-order valence-corrected chi connectivity index (χ4v) is 2.48. The summed E-state index contributed by atoms with van der Waals surface area (Å²) in [5, 5.41) is 3.59. The van der Waals surface area contributed by atoms with Crippen LogP contribution in [0.4, 0.5) is 0 Å². The van der Waals surface area contributed by atoms with Gasteiger partial charge in [-0.15, -0.1) is 0 Å². The molecule has 2 N–H and O–H groups in total. The zero-order chi connectivity index (χ0) is 14.4. The first-order valence-corrected chi connectivity index (χ1v) is 7.60. The highest BCUT2D eigenvalue weighted by molar-refractivity contribution is 5.72. The monoisotopic (exact) mass is 276 g/mol. The van der Waals surface area contributed by atoms with E-state index in [1.807, 2.05) is 12.1 Å². The summed E-state index contributed by atoms with van der Waals surface area (Å²) in [6.07, 6.45) is 5.94. The van der Waals surface area contributed by atoms with E-state index >= 15 is 0 Å². The van der Waals surface area contributed by atoms with E-state index in [1.54, 1.807) is 0 Å². The van der Waals surface area contributed by atoms with Crippen molar-refractivity contribution < 1.29 is 4.42 Å². The SMILES string of the molecule is CCCCCC(NCCC)c1ccc2[nH]c(=O)oc2c1. The normalized spacial score (nSPS) is 12.9. The molecule has 110 valence electrons. The minimum Gasteiger partial charge on any atom is -0.408 e. The highest BCUT2D eigenvalue weighted by Gasteiger charge is 2.12. The maximum Gasteiger partial charge on any atom is 0.417 e. The summed E-state index contributed by atoms with van der Waals surface area (Å²) < 4.78 is 5.15. The van der Waals surface area contributed by atoms with Crippen molar-refractivity contribution in [2.75, 3.05) is 6.54 Å². The van der Waals surface area contributed by atoms with Gasteiger partial charge in [0.25, 0.3) is 0 Å². The molecule has 4 heteroatoms. The van der Waals surface area contributed by atoms with Crippen LogP contribution in [0, 0.1) is 0 Å². The molecule has 1 aromatic heterocycles. The smallest absolute Gasteiger partial charge is 0.408 e. The third kappa shape index (κ3) is 3.73. The first-order valence-electron chi connectivity index (χ1n) is 7.60. The van der Waals surface area contributed by atoms with E-state index in [1.165, 1.54) is 24.8 Å². The van der Waals surface area contributed by atoms with Gasteiger partial charge in [0.2, 0.25) is 0 Å². The lowest BCUT2D eigenvalue weighted by Crippen LogP contribution is -2.22. The highest BCUT2D eigenvalue weighted by atomic mass is 16.4. The van der Waals surface area contributed by atoms with Gasteiger partial charge in [-0.3, -0.25) is 4.98 Å². The fourth-order valence-electron chi connectivity index (χ4n) is 2.48. The highest BCUT2D eigenvalue weighted by Crippen LogP contribution is 2.23. The number of H-pyrrole nitrogens is 1. The van der Waals surface area contributed by atoms with Gasteiger partial charge in [-0.2, -0.15) is 0 Å². The van der Waals surface area contributed by atoms with Gasteiger partial charge in [-0.1, -0.05) is 39.2 Å². The van der Waals surface area contributed by atoms with E-state index in [0.29, 0.717) is 11.6 Å². The summed E-state index contributed by atoms with van der Waals surface area (Å²) in [6, 6.07) is 6.32. The van der Waals surface area contributed by atoms with Crippen LogP contribution in [-0.4, -0.2) is 11.5 Å². The van der Waals surface area contributed by atoms with Gasteiger partial charge in [0.05, 0.1) is 5.52 Å². The maximum atomic E-state index is 11.2. The van der Waals surface area contributed by atoms with Crippen LogP contribution in [0.5, 0.6) is 0 Å². The number of unbranched alkanes of at least 4 members (excludes halogenated alkanes) is 2. The van der Waals surface area contributed by atoms with Crippen LogP contribution in [0.3, 0.4) is 0 Å². The van der Waals surface area contributed by atoms with Crippen molar-refractivity contribution in [1.29, 1.82) is 0 Å². The summed E-state index contributed by atoms with van der Waals surface area (Å²) in [6.45, 7) is 5.39. The van der Waals surface area contributed by atoms with E-state index in [0.717, 1.165) is 24.9 Å². The van der Waals surface area contributed by atoms with Gasteiger partial charge >= 0.3 is 5.76 Å². The molecule has 0 aliphatic heterocycles. The molecule has 0 fully saturated rings. The molecule has 0 radical (unpaired) electrons. The molecule has 1 unspecified atom stereocenters. The van der Waals surface area contributed by atoms with Crippen LogP contribution in [0.1, 0.15) is 57.6 Å². The largest absolute Gasteiger partial charge is 0.417 e. The number of aromatic amines is 1. The van der Waals surface area contributed by atoms with Crippen LogP contribution in [-0.2, 0) is 0 Å². The minimum atomic E-state index is -0.388. The number of rotatable bonds is 8. The third-order valence-electron chi connectivity index (χ3n) is 3.58. The predicted molar refractivity (Wildman–Crippen MR) is 82.0 cm³/mol. The number of hydrogen-bond donors (Lipinski definition) is 2. The molecule has 0 aliphatic rings. The molecule has 1 aromatic carbocycles. The molecule has 0 amide bonds. The van der Waals surface area contributed by atoms with E-state index in [-0.39, 0.29) is 5.76 Å². The molecule has 2 aromatic rings. The molecule has 0 saturated carbocycles. The zero-order valence-corrected chi connectivity index (χ0v) is 12.4. The van der Waals surface area contributed by atoms with Gasteiger partial charge in [-0.25, -0.2) is 4.79 Å². The Balaban J connectivity index is 2.17. The zero-order valence-electron chi connectivity index (χ0n) is 12.4. The molecule has 0 aliphatic carbocycles. The minimum absolute atomic E-state index is 0.339. The van der Waals surface area contributed by atoms with Crippen molar-refractivity contribution in [3.05, 3.63) is 34.3 Å². The van der Waals surface area contributed by atoms with Crippen molar-refractivity contribution in [2.45, 2.75) is 52.0 Å². The van der Waals surface area contributed by atoms with E-state index in [4.69, 9.17) is 4.42 Å². The second kappa shape index (κ2) is 7.29. The summed E-state index contributed by atoms with van der Waals surface area (Å²) in [5.74, 6) is -0.388.